The van der Waals surface area contributed by atoms with Crippen molar-refractivity contribution in [2.24, 2.45) is 5.73 Å². The van der Waals surface area contributed by atoms with Gasteiger partial charge in [0.15, 0.2) is 0 Å². The van der Waals surface area contributed by atoms with Crippen LogP contribution in [-0.2, 0) is 9.59 Å². The Kier molecular flexibility index (Phi) is 11.0. The molecular formula is C12H26ClN3O2. The average Bonchev–Trinajstić information content (AvgIpc) is 2.27. The van der Waals surface area contributed by atoms with E-state index in [-0.39, 0.29) is 30.8 Å². The first-order chi connectivity index (χ1) is 7.93. The van der Waals surface area contributed by atoms with Crippen LogP contribution in [0.25, 0.3) is 0 Å². The zero-order valence-corrected chi connectivity index (χ0v) is 12.6. The Hall–Kier alpha value is -0.810. The fraction of sp³-hybridized carbons (Fsp3) is 0.833. The summed E-state index contributed by atoms with van der Waals surface area (Å²) >= 11 is 0. The lowest BCUT2D eigenvalue weighted by Crippen LogP contribution is -2.47. The maximum absolute atomic E-state index is 12.0. The zero-order valence-electron chi connectivity index (χ0n) is 11.8. The van der Waals surface area contributed by atoms with Gasteiger partial charge >= 0.3 is 0 Å². The second kappa shape index (κ2) is 10.1. The van der Waals surface area contributed by atoms with E-state index >= 15 is 0 Å². The van der Waals surface area contributed by atoms with Gasteiger partial charge in [-0.25, -0.2) is 0 Å². The topological polar surface area (TPSA) is 66.6 Å². The van der Waals surface area contributed by atoms with Crippen molar-refractivity contribution in [2.75, 3.05) is 27.2 Å². The van der Waals surface area contributed by atoms with E-state index < -0.39 is 6.04 Å². The highest BCUT2D eigenvalue weighted by Gasteiger charge is 2.22. The molecular weight excluding hydrogens is 254 g/mol. The highest BCUT2D eigenvalue weighted by Crippen LogP contribution is 2.02. The van der Waals surface area contributed by atoms with Gasteiger partial charge in [-0.05, 0) is 12.8 Å². The molecule has 0 radical (unpaired) electrons. The summed E-state index contributed by atoms with van der Waals surface area (Å²) in [5, 5.41) is 0. The molecule has 1 unspecified atom stereocenters. The molecule has 0 aromatic heterocycles. The first kappa shape index (κ1) is 19.5. The van der Waals surface area contributed by atoms with Crippen LogP contribution >= 0.6 is 12.4 Å². The minimum Gasteiger partial charge on any atom is -0.347 e. The minimum atomic E-state index is -0.485. The first-order valence-electron chi connectivity index (χ1n) is 6.18. The van der Waals surface area contributed by atoms with Gasteiger partial charge in [-0.1, -0.05) is 20.3 Å². The molecule has 1 atom stereocenters. The molecule has 0 aliphatic heterocycles. The van der Waals surface area contributed by atoms with Gasteiger partial charge < -0.3 is 15.5 Å². The van der Waals surface area contributed by atoms with Gasteiger partial charge in [0.25, 0.3) is 0 Å². The SMILES string of the molecule is CCCC(N)C(=O)N(CCC)CC(=O)N(C)C.Cl. The van der Waals surface area contributed by atoms with E-state index in [0.29, 0.717) is 13.0 Å². The summed E-state index contributed by atoms with van der Waals surface area (Å²) < 4.78 is 0. The number of hydrogen-bond acceptors (Lipinski definition) is 3. The molecule has 0 saturated carbocycles. The van der Waals surface area contributed by atoms with Crippen molar-refractivity contribution in [3.05, 3.63) is 0 Å². The molecule has 18 heavy (non-hydrogen) atoms. The molecule has 0 aliphatic carbocycles. The predicted octanol–water partition coefficient (Wildman–Crippen LogP) is 0.862. The van der Waals surface area contributed by atoms with Crippen molar-refractivity contribution < 1.29 is 9.59 Å². The van der Waals surface area contributed by atoms with Crippen LogP contribution in [0.15, 0.2) is 0 Å². The predicted molar refractivity (Wildman–Crippen MR) is 75.7 cm³/mol. The summed E-state index contributed by atoms with van der Waals surface area (Å²) in [5.41, 5.74) is 5.79. The number of nitrogens with two attached hydrogens (primary N) is 1. The van der Waals surface area contributed by atoms with Gasteiger partial charge in [-0.15, -0.1) is 12.4 Å². The van der Waals surface area contributed by atoms with Gasteiger partial charge in [0.2, 0.25) is 11.8 Å². The number of amides is 2. The van der Waals surface area contributed by atoms with E-state index in [9.17, 15) is 9.59 Å². The minimum absolute atomic E-state index is 0. The number of carbonyl (C=O) groups is 2. The normalized spacial score (nSPS) is 11.4. The molecule has 0 saturated heterocycles. The monoisotopic (exact) mass is 279 g/mol. The van der Waals surface area contributed by atoms with Crippen molar-refractivity contribution in [3.63, 3.8) is 0 Å². The van der Waals surface area contributed by atoms with Gasteiger partial charge in [-0.3, -0.25) is 9.59 Å². The van der Waals surface area contributed by atoms with Crippen molar-refractivity contribution >= 4 is 24.2 Å². The molecule has 0 spiro atoms. The Morgan fingerprint density at radius 2 is 1.72 bits per heavy atom. The summed E-state index contributed by atoms with van der Waals surface area (Å²) in [4.78, 5) is 26.7. The molecule has 0 aliphatic rings. The van der Waals surface area contributed by atoms with Gasteiger partial charge in [0.1, 0.15) is 0 Å². The van der Waals surface area contributed by atoms with Crippen LogP contribution in [0.4, 0.5) is 0 Å². The fourth-order valence-electron chi connectivity index (χ4n) is 1.51. The second-order valence-corrected chi connectivity index (χ2v) is 4.44. The number of nitrogens with zero attached hydrogens (tertiary/aromatic N) is 2. The Balaban J connectivity index is 0. The molecule has 0 heterocycles. The third-order valence-corrected chi connectivity index (χ3v) is 2.55. The lowest BCUT2D eigenvalue weighted by atomic mass is 10.1. The largest absolute Gasteiger partial charge is 0.347 e. The number of rotatable bonds is 7. The lowest BCUT2D eigenvalue weighted by molar-refractivity contribution is -0.140. The van der Waals surface area contributed by atoms with Crippen LogP contribution in [0, 0.1) is 0 Å². The standard InChI is InChI=1S/C12H25N3O2.ClH/c1-5-7-10(13)12(17)15(8-6-2)9-11(16)14(3)4;/h10H,5-9,13H2,1-4H3;1H. The van der Waals surface area contributed by atoms with E-state index in [0.717, 1.165) is 12.8 Å². The molecule has 5 nitrogen and oxygen atoms in total. The van der Waals surface area contributed by atoms with Gasteiger partial charge in [-0.2, -0.15) is 0 Å². The van der Waals surface area contributed by atoms with Crippen LogP contribution in [-0.4, -0.2) is 54.8 Å². The number of hydrogen-bond donors (Lipinski definition) is 1. The van der Waals surface area contributed by atoms with Crippen LogP contribution < -0.4 is 5.73 Å². The average molecular weight is 280 g/mol. The molecule has 2 amide bonds. The third-order valence-electron chi connectivity index (χ3n) is 2.55. The van der Waals surface area contributed by atoms with Gasteiger partial charge in [0, 0.05) is 20.6 Å². The molecule has 6 heteroatoms. The summed E-state index contributed by atoms with van der Waals surface area (Å²) in [6.45, 7) is 4.67. The van der Waals surface area contributed by atoms with Gasteiger partial charge in [0.05, 0.1) is 12.6 Å². The van der Waals surface area contributed by atoms with Crippen LogP contribution in [0.3, 0.4) is 0 Å². The summed E-state index contributed by atoms with van der Waals surface area (Å²) in [6, 6.07) is -0.485. The zero-order chi connectivity index (χ0) is 13.4. The van der Waals surface area contributed by atoms with Crippen molar-refractivity contribution in [1.29, 1.82) is 0 Å². The Morgan fingerprint density at radius 1 is 1.17 bits per heavy atom. The van der Waals surface area contributed by atoms with E-state index in [2.05, 4.69) is 0 Å². The summed E-state index contributed by atoms with van der Waals surface area (Å²) in [6.07, 6.45) is 2.36. The molecule has 0 bridgehead atoms. The van der Waals surface area contributed by atoms with E-state index in [4.69, 9.17) is 5.73 Å². The van der Waals surface area contributed by atoms with E-state index in [1.54, 1.807) is 19.0 Å². The van der Waals surface area contributed by atoms with Crippen LogP contribution in [0.5, 0.6) is 0 Å². The lowest BCUT2D eigenvalue weighted by Gasteiger charge is -2.26. The Labute approximate surface area is 116 Å². The van der Waals surface area contributed by atoms with Crippen molar-refractivity contribution in [3.8, 4) is 0 Å². The number of halogens is 1. The Morgan fingerprint density at radius 3 is 2.11 bits per heavy atom. The van der Waals surface area contributed by atoms with Crippen LogP contribution in [0.1, 0.15) is 33.1 Å². The third kappa shape index (κ3) is 6.81. The smallest absolute Gasteiger partial charge is 0.241 e. The number of carbonyl (C=O) groups excluding carboxylic acids is 2. The number of likely N-dealkylation sites (N-methyl/N-ethyl adjacent to an activating group) is 1. The van der Waals surface area contributed by atoms with Crippen molar-refractivity contribution in [1.82, 2.24) is 9.80 Å². The maximum atomic E-state index is 12.0. The highest BCUT2D eigenvalue weighted by atomic mass is 35.5. The quantitative estimate of drug-likeness (QED) is 0.752. The van der Waals surface area contributed by atoms with E-state index in [1.807, 2.05) is 13.8 Å². The fourth-order valence-corrected chi connectivity index (χ4v) is 1.51. The molecule has 0 aromatic carbocycles. The molecule has 0 aromatic rings. The first-order valence-corrected chi connectivity index (χ1v) is 6.18. The molecule has 0 fully saturated rings. The molecule has 2 N–H and O–H groups in total. The maximum Gasteiger partial charge on any atom is 0.241 e. The summed E-state index contributed by atoms with van der Waals surface area (Å²) in [5.74, 6) is -0.195. The second-order valence-electron chi connectivity index (χ2n) is 4.44. The van der Waals surface area contributed by atoms with E-state index in [1.165, 1.54) is 4.90 Å². The Bertz CT molecular complexity index is 260. The molecule has 0 rings (SSSR count). The highest BCUT2D eigenvalue weighted by molar-refractivity contribution is 5.87. The summed E-state index contributed by atoms with van der Waals surface area (Å²) in [7, 11) is 3.37. The van der Waals surface area contributed by atoms with Crippen LogP contribution in [0.2, 0.25) is 0 Å². The molecule has 108 valence electrons. The van der Waals surface area contributed by atoms with Crippen molar-refractivity contribution in [2.45, 2.75) is 39.2 Å².